The predicted octanol–water partition coefficient (Wildman–Crippen LogP) is 2.82. The number of unbranched alkanes of at least 4 members (excludes halogenated alkanes) is 1. The Hall–Kier alpha value is -2.48. The van der Waals surface area contributed by atoms with E-state index in [0.29, 0.717) is 5.75 Å². The molecule has 0 atom stereocenters. The molecule has 1 N–H and O–H groups in total. The maximum Gasteiger partial charge on any atom is 0.230 e. The third-order valence-electron chi connectivity index (χ3n) is 4.86. The molecule has 2 aromatic rings. The fourth-order valence-electron chi connectivity index (χ4n) is 3.24. The van der Waals surface area contributed by atoms with E-state index in [9.17, 15) is 4.79 Å². The quantitative estimate of drug-likeness (QED) is 0.384. The maximum absolute atomic E-state index is 11.9. The lowest BCUT2D eigenvalue weighted by Gasteiger charge is -2.37. The van der Waals surface area contributed by atoms with E-state index in [1.54, 1.807) is 13.4 Å². The predicted molar refractivity (Wildman–Crippen MR) is 118 cm³/mol. The lowest BCUT2D eigenvalue weighted by atomic mass is 10.2. The molecule has 0 bridgehead atoms. The molecule has 29 heavy (non-hydrogen) atoms. The van der Waals surface area contributed by atoms with Crippen LogP contribution in [0.5, 0.6) is 5.75 Å². The number of thioether (sulfide) groups is 1. The summed E-state index contributed by atoms with van der Waals surface area (Å²) in [5.74, 6) is 2.24. The Labute approximate surface area is 176 Å². The maximum atomic E-state index is 11.9. The number of hydrogen-bond acceptors (Lipinski definition) is 7. The molecule has 1 aliphatic heterocycles. The summed E-state index contributed by atoms with van der Waals surface area (Å²) in [6, 6.07) is 10.1. The minimum absolute atomic E-state index is 0.0500. The first-order chi connectivity index (χ1) is 14.2. The molecule has 1 saturated heterocycles. The van der Waals surface area contributed by atoms with Crippen molar-refractivity contribution in [1.82, 2.24) is 15.3 Å². The molecule has 8 heteroatoms. The number of hydrogen-bond donors (Lipinski definition) is 1. The Morgan fingerprint density at radius 2 is 1.93 bits per heavy atom. The molecule has 1 aliphatic rings. The van der Waals surface area contributed by atoms with Gasteiger partial charge in [0.05, 0.1) is 18.6 Å². The second kappa shape index (κ2) is 10.9. The van der Waals surface area contributed by atoms with E-state index in [-0.39, 0.29) is 5.91 Å². The summed E-state index contributed by atoms with van der Waals surface area (Å²) in [6.07, 6.45) is 3.67. The first-order valence-electron chi connectivity index (χ1n) is 10.1. The van der Waals surface area contributed by atoms with E-state index in [0.717, 1.165) is 67.8 Å². The topological polar surface area (TPSA) is 70.6 Å². The average molecular weight is 416 g/mol. The van der Waals surface area contributed by atoms with Gasteiger partial charge in [0, 0.05) is 38.8 Å². The minimum atomic E-state index is 0.0500. The summed E-state index contributed by atoms with van der Waals surface area (Å²) in [6.45, 7) is 6.38. The molecule has 0 unspecified atom stereocenters. The number of benzene rings is 1. The van der Waals surface area contributed by atoms with E-state index in [1.807, 2.05) is 24.3 Å². The lowest BCUT2D eigenvalue weighted by Crippen LogP contribution is -2.47. The zero-order valence-corrected chi connectivity index (χ0v) is 18.0. The Morgan fingerprint density at radius 1 is 1.17 bits per heavy atom. The highest BCUT2D eigenvalue weighted by Crippen LogP contribution is 2.29. The molecule has 1 fully saturated rings. The highest BCUT2D eigenvalue weighted by molar-refractivity contribution is 7.99. The third-order valence-corrected chi connectivity index (χ3v) is 5.79. The van der Waals surface area contributed by atoms with Gasteiger partial charge in [-0.2, -0.15) is 0 Å². The van der Waals surface area contributed by atoms with E-state index in [2.05, 4.69) is 38.1 Å². The Bertz CT molecular complexity index is 796. The van der Waals surface area contributed by atoms with Gasteiger partial charge in [-0.25, -0.2) is 9.97 Å². The van der Waals surface area contributed by atoms with Gasteiger partial charge in [0.25, 0.3) is 0 Å². The number of carbonyl (C=O) groups excluding carboxylic acids is 1. The number of aromatic nitrogens is 2. The van der Waals surface area contributed by atoms with Crippen molar-refractivity contribution >= 4 is 29.2 Å². The summed E-state index contributed by atoms with van der Waals surface area (Å²) in [4.78, 5) is 25.2. The van der Waals surface area contributed by atoms with Crippen molar-refractivity contribution in [3.05, 3.63) is 36.7 Å². The number of nitrogens with zero attached hydrogens (tertiary/aromatic N) is 4. The normalized spacial score (nSPS) is 14.0. The van der Waals surface area contributed by atoms with Crippen LogP contribution in [0.4, 0.5) is 11.5 Å². The fraction of sp³-hybridized carbons (Fsp3) is 0.476. The van der Waals surface area contributed by atoms with Gasteiger partial charge in [-0.3, -0.25) is 4.79 Å². The smallest absolute Gasteiger partial charge is 0.230 e. The van der Waals surface area contributed by atoms with Crippen LogP contribution in [0, 0.1) is 0 Å². The number of anilines is 2. The molecule has 0 spiro atoms. The van der Waals surface area contributed by atoms with Crippen molar-refractivity contribution in [1.29, 1.82) is 0 Å². The molecule has 3 rings (SSSR count). The average Bonchev–Trinajstić information content (AvgIpc) is 2.78. The van der Waals surface area contributed by atoms with Crippen LogP contribution in [0.25, 0.3) is 0 Å². The van der Waals surface area contributed by atoms with Crippen LogP contribution in [-0.4, -0.2) is 61.5 Å². The number of amides is 1. The van der Waals surface area contributed by atoms with Crippen LogP contribution in [-0.2, 0) is 4.79 Å². The van der Waals surface area contributed by atoms with Gasteiger partial charge in [-0.15, -0.1) is 0 Å². The van der Waals surface area contributed by atoms with Gasteiger partial charge in [-0.1, -0.05) is 37.2 Å². The van der Waals surface area contributed by atoms with Gasteiger partial charge >= 0.3 is 0 Å². The summed E-state index contributed by atoms with van der Waals surface area (Å²) in [7, 11) is 1.71. The molecule has 156 valence electrons. The summed E-state index contributed by atoms with van der Waals surface area (Å²) in [5, 5.41) is 3.76. The summed E-state index contributed by atoms with van der Waals surface area (Å²) >= 11 is 1.45. The monoisotopic (exact) mass is 415 g/mol. The third kappa shape index (κ3) is 6.00. The van der Waals surface area contributed by atoms with Crippen LogP contribution in [0.2, 0.25) is 0 Å². The molecule has 0 saturated carbocycles. The Kier molecular flexibility index (Phi) is 7.98. The van der Waals surface area contributed by atoms with Gasteiger partial charge < -0.3 is 19.9 Å². The molecule has 0 aliphatic carbocycles. The van der Waals surface area contributed by atoms with Gasteiger partial charge in [0.2, 0.25) is 5.91 Å². The standard InChI is InChI=1S/C21H29N5O2S/c1-3-4-9-22-20(27)15-29-21-14-19(23-16-24-21)26-12-10-25(11-13-26)17-7-5-6-8-18(17)28-2/h5-8,14,16H,3-4,9-13,15H2,1-2H3,(H,22,27). The number of piperazine rings is 1. The zero-order valence-electron chi connectivity index (χ0n) is 17.1. The summed E-state index contributed by atoms with van der Waals surface area (Å²) < 4.78 is 5.49. The number of rotatable bonds is 9. The van der Waals surface area contributed by atoms with Gasteiger partial charge in [0.1, 0.15) is 22.9 Å². The zero-order chi connectivity index (χ0) is 20.5. The number of ether oxygens (including phenoxy) is 1. The number of para-hydroxylation sites is 2. The van der Waals surface area contributed by atoms with Crippen molar-refractivity contribution in [3.63, 3.8) is 0 Å². The summed E-state index contributed by atoms with van der Waals surface area (Å²) in [5.41, 5.74) is 1.13. The molecule has 7 nitrogen and oxygen atoms in total. The van der Waals surface area contributed by atoms with Gasteiger partial charge in [0.15, 0.2) is 0 Å². The Morgan fingerprint density at radius 3 is 2.69 bits per heavy atom. The van der Waals surface area contributed by atoms with Crippen molar-refractivity contribution in [2.75, 3.05) is 55.4 Å². The second-order valence-electron chi connectivity index (χ2n) is 6.85. The van der Waals surface area contributed by atoms with Crippen LogP contribution >= 0.6 is 11.8 Å². The Balaban J connectivity index is 1.53. The fourth-order valence-corrected chi connectivity index (χ4v) is 3.94. The molecule has 1 amide bonds. The van der Waals surface area contributed by atoms with Crippen molar-refractivity contribution in [3.8, 4) is 5.75 Å². The lowest BCUT2D eigenvalue weighted by molar-refractivity contribution is -0.118. The molecule has 0 radical (unpaired) electrons. The number of carbonyl (C=O) groups is 1. The van der Waals surface area contributed by atoms with Crippen LogP contribution < -0.4 is 19.9 Å². The second-order valence-corrected chi connectivity index (χ2v) is 7.85. The number of methoxy groups -OCH3 is 1. The highest BCUT2D eigenvalue weighted by Gasteiger charge is 2.20. The largest absolute Gasteiger partial charge is 0.495 e. The van der Waals surface area contributed by atoms with E-state index < -0.39 is 0 Å². The number of nitrogens with one attached hydrogen (secondary N) is 1. The SMILES string of the molecule is CCCCNC(=O)CSc1cc(N2CCN(c3ccccc3OC)CC2)ncn1. The minimum Gasteiger partial charge on any atom is -0.495 e. The van der Waals surface area contributed by atoms with Crippen molar-refractivity contribution in [2.45, 2.75) is 24.8 Å². The molecule has 1 aromatic heterocycles. The van der Waals surface area contributed by atoms with E-state index >= 15 is 0 Å². The molecule has 2 heterocycles. The van der Waals surface area contributed by atoms with Gasteiger partial charge in [-0.05, 0) is 18.6 Å². The van der Waals surface area contributed by atoms with Crippen LogP contribution in [0.3, 0.4) is 0 Å². The first-order valence-corrected chi connectivity index (χ1v) is 11.0. The van der Waals surface area contributed by atoms with Crippen molar-refractivity contribution < 1.29 is 9.53 Å². The van der Waals surface area contributed by atoms with Crippen LogP contribution in [0.15, 0.2) is 41.7 Å². The van der Waals surface area contributed by atoms with Crippen LogP contribution in [0.1, 0.15) is 19.8 Å². The van der Waals surface area contributed by atoms with E-state index in [1.165, 1.54) is 11.8 Å². The molecule has 1 aromatic carbocycles. The first kappa shape index (κ1) is 21.2. The molecular formula is C21H29N5O2S. The highest BCUT2D eigenvalue weighted by atomic mass is 32.2. The van der Waals surface area contributed by atoms with Crippen molar-refractivity contribution in [2.24, 2.45) is 0 Å². The molecular weight excluding hydrogens is 386 g/mol. The van der Waals surface area contributed by atoms with E-state index in [4.69, 9.17) is 4.74 Å².